The molecule has 0 unspecified atom stereocenters. The quantitative estimate of drug-likeness (QED) is 0.276. The normalized spacial score (nSPS) is 14.9. The van der Waals surface area contributed by atoms with Crippen LogP contribution in [0.3, 0.4) is 0 Å². The van der Waals surface area contributed by atoms with Crippen molar-refractivity contribution >= 4 is 35.8 Å². The van der Waals surface area contributed by atoms with Gasteiger partial charge in [-0.25, -0.2) is 4.99 Å². The van der Waals surface area contributed by atoms with E-state index < -0.39 is 0 Å². The molecule has 1 aliphatic heterocycles. The molecule has 34 heavy (non-hydrogen) atoms. The number of piperidine rings is 1. The van der Waals surface area contributed by atoms with Gasteiger partial charge in [-0.05, 0) is 67.6 Å². The SMILES string of the molecule is CCNC(=NCc1ccc(C(=O)N(C)C)cc1)NCc1ccc(CN2CCC(C)CC2)cc1.I. The summed E-state index contributed by atoms with van der Waals surface area (Å²) in [6, 6.07) is 16.6. The van der Waals surface area contributed by atoms with Crippen molar-refractivity contribution < 1.29 is 4.79 Å². The zero-order chi connectivity index (χ0) is 23.6. The van der Waals surface area contributed by atoms with Crippen molar-refractivity contribution in [3.63, 3.8) is 0 Å². The molecule has 2 aromatic rings. The maximum Gasteiger partial charge on any atom is 0.253 e. The van der Waals surface area contributed by atoms with Crippen molar-refractivity contribution in [2.45, 2.75) is 46.3 Å². The highest BCUT2D eigenvalue weighted by Gasteiger charge is 2.15. The van der Waals surface area contributed by atoms with Crippen molar-refractivity contribution in [3.8, 4) is 0 Å². The molecule has 1 saturated heterocycles. The molecule has 1 aliphatic rings. The number of carbonyl (C=O) groups excluding carboxylic acids is 1. The predicted octanol–water partition coefficient (Wildman–Crippen LogP) is 4.49. The monoisotopic (exact) mass is 577 g/mol. The van der Waals surface area contributed by atoms with Gasteiger partial charge in [-0.3, -0.25) is 9.69 Å². The maximum atomic E-state index is 12.0. The minimum atomic E-state index is 0. The Balaban J connectivity index is 0.00000408. The van der Waals surface area contributed by atoms with Gasteiger partial charge in [0.05, 0.1) is 6.54 Å². The second-order valence-electron chi connectivity index (χ2n) is 9.22. The van der Waals surface area contributed by atoms with Gasteiger partial charge in [-0.15, -0.1) is 24.0 Å². The molecule has 0 aliphatic carbocycles. The third kappa shape index (κ3) is 8.91. The van der Waals surface area contributed by atoms with Crippen molar-refractivity contribution in [3.05, 3.63) is 70.8 Å². The van der Waals surface area contributed by atoms with Crippen LogP contribution >= 0.6 is 24.0 Å². The van der Waals surface area contributed by atoms with E-state index in [4.69, 9.17) is 4.99 Å². The first-order valence-electron chi connectivity index (χ1n) is 12.1. The zero-order valence-corrected chi connectivity index (χ0v) is 23.3. The number of hydrogen-bond donors (Lipinski definition) is 2. The van der Waals surface area contributed by atoms with Crippen LogP contribution in [-0.2, 0) is 19.6 Å². The summed E-state index contributed by atoms with van der Waals surface area (Å²) in [6.07, 6.45) is 2.62. The third-order valence-electron chi connectivity index (χ3n) is 6.14. The van der Waals surface area contributed by atoms with Gasteiger partial charge in [0.1, 0.15) is 0 Å². The topological polar surface area (TPSA) is 60.0 Å². The fourth-order valence-electron chi connectivity index (χ4n) is 3.95. The number of halogens is 1. The molecular formula is C27H40IN5O. The summed E-state index contributed by atoms with van der Waals surface area (Å²) >= 11 is 0. The minimum absolute atomic E-state index is 0. The lowest BCUT2D eigenvalue weighted by atomic mass is 9.99. The average molecular weight is 578 g/mol. The van der Waals surface area contributed by atoms with Crippen LogP contribution in [0.2, 0.25) is 0 Å². The van der Waals surface area contributed by atoms with Crippen LogP contribution in [-0.4, -0.2) is 55.4 Å². The number of amides is 1. The molecule has 6 nitrogen and oxygen atoms in total. The lowest BCUT2D eigenvalue weighted by Crippen LogP contribution is -2.36. The lowest BCUT2D eigenvalue weighted by Gasteiger charge is -2.30. The number of aliphatic imine (C=N–C) groups is 1. The number of nitrogens with zero attached hydrogens (tertiary/aromatic N) is 3. The van der Waals surface area contributed by atoms with Crippen LogP contribution in [0.4, 0.5) is 0 Å². The summed E-state index contributed by atoms with van der Waals surface area (Å²) in [7, 11) is 3.52. The van der Waals surface area contributed by atoms with Gasteiger partial charge in [-0.1, -0.05) is 43.3 Å². The van der Waals surface area contributed by atoms with E-state index in [0.717, 1.165) is 37.1 Å². The van der Waals surface area contributed by atoms with Crippen LogP contribution in [0.1, 0.15) is 53.7 Å². The Morgan fingerprint density at radius 1 is 0.971 bits per heavy atom. The van der Waals surface area contributed by atoms with Gasteiger partial charge in [-0.2, -0.15) is 0 Å². The second kappa shape index (κ2) is 14.3. The second-order valence-corrected chi connectivity index (χ2v) is 9.22. The molecule has 186 valence electrons. The van der Waals surface area contributed by atoms with Crippen molar-refractivity contribution in [1.29, 1.82) is 0 Å². The Labute approximate surface area is 222 Å². The number of benzene rings is 2. The molecule has 1 fully saturated rings. The van der Waals surface area contributed by atoms with Gasteiger partial charge >= 0.3 is 0 Å². The van der Waals surface area contributed by atoms with Crippen LogP contribution in [0.25, 0.3) is 0 Å². The standard InChI is InChI=1S/C27H39N5O.HI/c1-5-28-27(30-19-23-10-12-25(13-11-23)26(33)31(3)4)29-18-22-6-8-24(9-7-22)20-32-16-14-21(2)15-17-32;/h6-13,21H,5,14-20H2,1-4H3,(H2,28,29,30);1H. The Morgan fingerprint density at radius 3 is 2.15 bits per heavy atom. The smallest absolute Gasteiger partial charge is 0.253 e. The zero-order valence-electron chi connectivity index (χ0n) is 21.0. The van der Waals surface area contributed by atoms with Crippen molar-refractivity contribution in [2.24, 2.45) is 10.9 Å². The van der Waals surface area contributed by atoms with Gasteiger partial charge in [0, 0.05) is 39.3 Å². The molecular weight excluding hydrogens is 537 g/mol. The van der Waals surface area contributed by atoms with E-state index in [1.54, 1.807) is 19.0 Å². The Bertz CT molecular complexity index is 904. The number of carbonyl (C=O) groups is 1. The molecule has 0 radical (unpaired) electrons. The molecule has 2 aromatic carbocycles. The number of likely N-dealkylation sites (tertiary alicyclic amines) is 1. The fraction of sp³-hybridized carbons (Fsp3) is 0.481. The molecule has 0 aromatic heterocycles. The third-order valence-corrected chi connectivity index (χ3v) is 6.14. The van der Waals surface area contributed by atoms with E-state index in [2.05, 4.69) is 53.6 Å². The summed E-state index contributed by atoms with van der Waals surface area (Å²) < 4.78 is 0. The highest BCUT2D eigenvalue weighted by molar-refractivity contribution is 14.0. The summed E-state index contributed by atoms with van der Waals surface area (Å²) in [5, 5.41) is 6.73. The van der Waals surface area contributed by atoms with Gasteiger partial charge < -0.3 is 15.5 Å². The van der Waals surface area contributed by atoms with Crippen LogP contribution in [0, 0.1) is 5.92 Å². The van der Waals surface area contributed by atoms with Crippen molar-refractivity contribution in [2.75, 3.05) is 33.7 Å². The molecule has 0 saturated carbocycles. The van der Waals surface area contributed by atoms with Gasteiger partial charge in [0.2, 0.25) is 0 Å². The molecule has 7 heteroatoms. The molecule has 3 rings (SSSR count). The highest BCUT2D eigenvalue weighted by Crippen LogP contribution is 2.18. The number of nitrogens with one attached hydrogen (secondary N) is 2. The first-order chi connectivity index (χ1) is 15.9. The largest absolute Gasteiger partial charge is 0.357 e. The Hall–Kier alpha value is -2.13. The average Bonchev–Trinajstić information content (AvgIpc) is 2.83. The summed E-state index contributed by atoms with van der Waals surface area (Å²) in [5.74, 6) is 1.67. The van der Waals surface area contributed by atoms with E-state index in [-0.39, 0.29) is 29.9 Å². The molecule has 0 atom stereocenters. The van der Waals surface area contributed by atoms with Crippen LogP contribution in [0.15, 0.2) is 53.5 Å². The van der Waals surface area contributed by atoms with Crippen LogP contribution < -0.4 is 10.6 Å². The summed E-state index contributed by atoms with van der Waals surface area (Å²) in [6.45, 7) is 9.97. The number of guanidine groups is 1. The minimum Gasteiger partial charge on any atom is -0.357 e. The van der Waals surface area contributed by atoms with E-state index in [1.165, 1.54) is 37.1 Å². The Morgan fingerprint density at radius 2 is 1.56 bits per heavy atom. The van der Waals surface area contributed by atoms with E-state index in [1.807, 2.05) is 24.3 Å². The molecule has 2 N–H and O–H groups in total. The molecule has 0 bridgehead atoms. The first-order valence-corrected chi connectivity index (χ1v) is 12.1. The van der Waals surface area contributed by atoms with Crippen LogP contribution in [0.5, 0.6) is 0 Å². The van der Waals surface area contributed by atoms with Gasteiger partial charge in [0.25, 0.3) is 5.91 Å². The molecule has 1 heterocycles. The van der Waals surface area contributed by atoms with Gasteiger partial charge in [0.15, 0.2) is 5.96 Å². The highest BCUT2D eigenvalue weighted by atomic mass is 127. The van der Waals surface area contributed by atoms with E-state index in [0.29, 0.717) is 12.1 Å². The van der Waals surface area contributed by atoms with Crippen molar-refractivity contribution in [1.82, 2.24) is 20.4 Å². The summed E-state index contributed by atoms with van der Waals surface area (Å²) in [4.78, 5) is 20.9. The Kier molecular flexibility index (Phi) is 11.8. The predicted molar refractivity (Wildman–Crippen MR) is 152 cm³/mol. The number of rotatable bonds is 8. The first kappa shape index (κ1) is 28.1. The summed E-state index contributed by atoms with van der Waals surface area (Å²) in [5.41, 5.74) is 4.38. The van der Waals surface area contributed by atoms with E-state index >= 15 is 0 Å². The number of hydrogen-bond acceptors (Lipinski definition) is 3. The molecule has 1 amide bonds. The van der Waals surface area contributed by atoms with E-state index in [9.17, 15) is 4.79 Å². The lowest BCUT2D eigenvalue weighted by molar-refractivity contribution is 0.0827. The molecule has 0 spiro atoms. The maximum absolute atomic E-state index is 12.0. The fourth-order valence-corrected chi connectivity index (χ4v) is 3.95.